The molecular weight excluding hydrogens is 229 g/mol. The zero-order valence-corrected chi connectivity index (χ0v) is 9.62. The number of hydrogen-bond acceptors (Lipinski definition) is 2. The van der Waals surface area contributed by atoms with Gasteiger partial charge in [0.2, 0.25) is 0 Å². The van der Waals surface area contributed by atoms with Crippen molar-refractivity contribution >= 4 is 0 Å². The molecule has 0 fully saturated rings. The van der Waals surface area contributed by atoms with Gasteiger partial charge in [-0.25, -0.2) is 4.39 Å². The summed E-state index contributed by atoms with van der Waals surface area (Å²) in [5.41, 5.74) is 1.28. The number of nitrogens with zero attached hydrogens (tertiary/aromatic N) is 1. The van der Waals surface area contributed by atoms with Crippen LogP contribution in [0.2, 0.25) is 0 Å². The van der Waals surface area contributed by atoms with Crippen molar-refractivity contribution < 1.29 is 9.50 Å². The van der Waals surface area contributed by atoms with Crippen molar-refractivity contribution in [2.75, 3.05) is 0 Å². The Morgan fingerprint density at radius 1 is 0.944 bits per heavy atom. The smallest absolute Gasteiger partial charge is 0.123 e. The fourth-order valence-corrected chi connectivity index (χ4v) is 1.84. The largest absolute Gasteiger partial charge is 0.387 e. The predicted octanol–water partition coefficient (Wildman–Crippen LogP) is 3.17. The molecule has 2 unspecified atom stereocenters. The van der Waals surface area contributed by atoms with Crippen molar-refractivity contribution in [3.63, 3.8) is 0 Å². The van der Waals surface area contributed by atoms with Gasteiger partial charge in [-0.2, -0.15) is 5.26 Å². The van der Waals surface area contributed by atoms with E-state index in [1.807, 2.05) is 18.2 Å². The highest BCUT2D eigenvalue weighted by Crippen LogP contribution is 2.30. The summed E-state index contributed by atoms with van der Waals surface area (Å²) in [6.07, 6.45) is -0.960. The second-order valence-electron chi connectivity index (χ2n) is 4.01. The van der Waals surface area contributed by atoms with Crippen molar-refractivity contribution in [2.24, 2.45) is 0 Å². The minimum atomic E-state index is -0.960. The minimum Gasteiger partial charge on any atom is -0.387 e. The maximum Gasteiger partial charge on any atom is 0.123 e. The molecule has 2 aromatic carbocycles. The van der Waals surface area contributed by atoms with Crippen LogP contribution in [0, 0.1) is 17.1 Å². The van der Waals surface area contributed by atoms with Crippen molar-refractivity contribution in [3.05, 3.63) is 71.5 Å². The maximum atomic E-state index is 12.8. The molecule has 0 aliphatic heterocycles. The van der Waals surface area contributed by atoms with Crippen LogP contribution in [0.4, 0.5) is 4.39 Å². The van der Waals surface area contributed by atoms with Gasteiger partial charge in [0.15, 0.2) is 0 Å². The van der Waals surface area contributed by atoms with Crippen LogP contribution < -0.4 is 0 Å². The highest BCUT2D eigenvalue weighted by atomic mass is 19.1. The van der Waals surface area contributed by atoms with Crippen LogP contribution in [-0.4, -0.2) is 5.11 Å². The van der Waals surface area contributed by atoms with Gasteiger partial charge in [0, 0.05) is 0 Å². The molecule has 0 aliphatic carbocycles. The van der Waals surface area contributed by atoms with Gasteiger partial charge < -0.3 is 5.11 Å². The first-order chi connectivity index (χ1) is 8.72. The molecule has 0 aromatic heterocycles. The van der Waals surface area contributed by atoms with Crippen molar-refractivity contribution in [3.8, 4) is 6.07 Å². The van der Waals surface area contributed by atoms with Gasteiger partial charge in [-0.1, -0.05) is 42.5 Å². The van der Waals surface area contributed by atoms with E-state index in [1.54, 1.807) is 12.1 Å². The van der Waals surface area contributed by atoms with Gasteiger partial charge in [-0.15, -0.1) is 0 Å². The molecule has 0 heterocycles. The summed E-state index contributed by atoms with van der Waals surface area (Å²) in [4.78, 5) is 0. The molecule has 2 aromatic rings. The molecule has 0 saturated heterocycles. The zero-order chi connectivity index (χ0) is 13.0. The number of aliphatic hydroxyl groups is 1. The van der Waals surface area contributed by atoms with E-state index in [0.717, 1.165) is 5.56 Å². The molecule has 90 valence electrons. The molecule has 0 bridgehead atoms. The van der Waals surface area contributed by atoms with Crippen molar-refractivity contribution in [2.45, 2.75) is 12.0 Å². The second kappa shape index (κ2) is 5.44. The fraction of sp³-hybridized carbons (Fsp3) is 0.133. The summed E-state index contributed by atoms with van der Waals surface area (Å²) in [5, 5.41) is 19.4. The summed E-state index contributed by atoms with van der Waals surface area (Å²) in [5.74, 6) is -1.02. The second-order valence-corrected chi connectivity index (χ2v) is 4.01. The van der Waals surface area contributed by atoms with E-state index >= 15 is 0 Å². The Hall–Kier alpha value is -2.18. The van der Waals surface area contributed by atoms with Gasteiger partial charge >= 0.3 is 0 Å². The van der Waals surface area contributed by atoms with E-state index in [4.69, 9.17) is 0 Å². The Morgan fingerprint density at radius 2 is 1.56 bits per heavy atom. The molecule has 2 nitrogen and oxygen atoms in total. The Labute approximate surface area is 105 Å². The van der Waals surface area contributed by atoms with E-state index in [2.05, 4.69) is 6.07 Å². The number of aliphatic hydroxyl groups excluding tert-OH is 1. The molecule has 0 saturated carbocycles. The molecule has 1 N–H and O–H groups in total. The number of rotatable bonds is 3. The normalized spacial score (nSPS) is 13.6. The lowest BCUT2D eigenvalue weighted by Crippen LogP contribution is -2.09. The minimum absolute atomic E-state index is 0.362. The highest BCUT2D eigenvalue weighted by molar-refractivity contribution is 5.31. The first kappa shape index (κ1) is 12.3. The molecule has 0 aliphatic rings. The fourth-order valence-electron chi connectivity index (χ4n) is 1.84. The van der Waals surface area contributed by atoms with Crippen LogP contribution in [0.3, 0.4) is 0 Å². The first-order valence-corrected chi connectivity index (χ1v) is 5.60. The monoisotopic (exact) mass is 241 g/mol. The summed E-state index contributed by atoms with van der Waals surface area (Å²) in [7, 11) is 0. The average molecular weight is 241 g/mol. The van der Waals surface area contributed by atoms with Crippen LogP contribution in [0.1, 0.15) is 23.1 Å². The summed E-state index contributed by atoms with van der Waals surface area (Å²) >= 11 is 0. The molecule has 18 heavy (non-hydrogen) atoms. The Kier molecular flexibility index (Phi) is 3.71. The predicted molar refractivity (Wildman–Crippen MR) is 66.2 cm³/mol. The Bertz CT molecular complexity index is 545. The van der Waals surface area contributed by atoms with E-state index in [9.17, 15) is 14.8 Å². The third-order valence-corrected chi connectivity index (χ3v) is 2.83. The van der Waals surface area contributed by atoms with E-state index in [0.29, 0.717) is 5.56 Å². The lowest BCUT2D eigenvalue weighted by atomic mass is 9.90. The third-order valence-electron chi connectivity index (χ3n) is 2.83. The molecule has 0 amide bonds. The molecule has 2 atom stereocenters. The number of halogens is 1. The number of hydrogen-bond donors (Lipinski definition) is 1. The van der Waals surface area contributed by atoms with Crippen molar-refractivity contribution in [1.29, 1.82) is 5.26 Å². The van der Waals surface area contributed by atoms with E-state index < -0.39 is 12.0 Å². The van der Waals surface area contributed by atoms with Crippen LogP contribution in [0.15, 0.2) is 54.6 Å². The number of nitriles is 1. The maximum absolute atomic E-state index is 12.8. The molecule has 0 spiro atoms. The standard InChI is InChI=1S/C15H12FNO/c16-13-8-6-12(7-9-13)15(18)14(10-17)11-4-2-1-3-5-11/h1-9,14-15,18H. The zero-order valence-electron chi connectivity index (χ0n) is 9.62. The summed E-state index contributed by atoms with van der Waals surface area (Å²) in [6.45, 7) is 0. The van der Waals surface area contributed by atoms with Gasteiger partial charge in [0.05, 0.1) is 12.2 Å². The van der Waals surface area contributed by atoms with Crippen LogP contribution in [0.5, 0.6) is 0 Å². The molecular formula is C15H12FNO. The molecule has 3 heteroatoms. The lowest BCUT2D eigenvalue weighted by molar-refractivity contribution is 0.164. The average Bonchev–Trinajstić information content (AvgIpc) is 2.41. The van der Waals surface area contributed by atoms with E-state index in [1.165, 1.54) is 24.3 Å². The van der Waals surface area contributed by atoms with Crippen LogP contribution in [-0.2, 0) is 0 Å². The highest BCUT2D eigenvalue weighted by Gasteiger charge is 2.22. The van der Waals surface area contributed by atoms with Crippen molar-refractivity contribution in [1.82, 2.24) is 0 Å². The number of benzene rings is 2. The third kappa shape index (κ3) is 2.55. The summed E-state index contributed by atoms with van der Waals surface area (Å²) < 4.78 is 12.8. The van der Waals surface area contributed by atoms with Gasteiger partial charge in [-0.05, 0) is 23.3 Å². The molecule has 0 radical (unpaired) electrons. The Balaban J connectivity index is 2.29. The SMILES string of the molecule is N#CC(c1ccccc1)C(O)c1ccc(F)cc1. The summed E-state index contributed by atoms with van der Waals surface area (Å²) in [6, 6.07) is 16.7. The van der Waals surface area contributed by atoms with Crippen LogP contribution in [0.25, 0.3) is 0 Å². The quantitative estimate of drug-likeness (QED) is 0.897. The Morgan fingerprint density at radius 3 is 2.11 bits per heavy atom. The molecule has 2 rings (SSSR count). The topological polar surface area (TPSA) is 44.0 Å². The van der Waals surface area contributed by atoms with Gasteiger partial charge in [0.1, 0.15) is 11.7 Å². The van der Waals surface area contributed by atoms with Gasteiger partial charge in [-0.3, -0.25) is 0 Å². The first-order valence-electron chi connectivity index (χ1n) is 5.60. The lowest BCUT2D eigenvalue weighted by Gasteiger charge is -2.17. The van der Waals surface area contributed by atoms with Gasteiger partial charge in [0.25, 0.3) is 0 Å². The van der Waals surface area contributed by atoms with Crippen LogP contribution >= 0.6 is 0 Å². The van der Waals surface area contributed by atoms with E-state index in [-0.39, 0.29) is 5.82 Å².